The zero-order valence-corrected chi connectivity index (χ0v) is 29.6. The van der Waals surface area contributed by atoms with Crippen LogP contribution < -0.4 is 0 Å². The van der Waals surface area contributed by atoms with Crippen molar-refractivity contribution in [2.45, 2.75) is 98.9 Å². The smallest absolute Gasteiger partial charge is 0.307 e. The lowest BCUT2D eigenvalue weighted by Gasteiger charge is -2.27. The van der Waals surface area contributed by atoms with Crippen molar-refractivity contribution in [2.24, 2.45) is 5.41 Å². The molecule has 5 atom stereocenters. The number of hydrogen-bond donors (Lipinski definition) is 0. The first-order valence-corrected chi connectivity index (χ1v) is 20.4. The predicted octanol–water partition coefficient (Wildman–Crippen LogP) is 9.82. The van der Waals surface area contributed by atoms with Crippen molar-refractivity contribution in [3.05, 3.63) is 0 Å². The second-order valence-electron chi connectivity index (χ2n) is 10.8. The van der Waals surface area contributed by atoms with Crippen LogP contribution in [0.1, 0.15) is 80.6 Å². The second-order valence-corrected chi connectivity index (χ2v) is 18.2. The molecule has 1 aliphatic carbocycles. The number of rotatable bonds is 9. The second kappa shape index (κ2) is 20.0. The Bertz CT molecular complexity index is 918. The third-order valence-electron chi connectivity index (χ3n) is 4.81. The van der Waals surface area contributed by atoms with Gasteiger partial charge in [-0.2, -0.15) is 17.9 Å². The Labute approximate surface area is 240 Å². The van der Waals surface area contributed by atoms with Crippen LogP contribution in [0.3, 0.4) is 0 Å². The summed E-state index contributed by atoms with van der Waals surface area (Å²) in [4.78, 5) is 0. The summed E-state index contributed by atoms with van der Waals surface area (Å²) in [5, 5.41) is 8.41. The van der Waals surface area contributed by atoms with Crippen molar-refractivity contribution in [1.82, 2.24) is 4.67 Å². The van der Waals surface area contributed by atoms with Gasteiger partial charge in [0.15, 0.2) is 5.81 Å². The molecular formula is C23H51F3N2O8P4. The van der Waals surface area contributed by atoms with E-state index in [1.54, 1.807) is 47.6 Å². The molecule has 0 bridgehead atoms. The van der Waals surface area contributed by atoms with Crippen molar-refractivity contribution in [1.29, 1.82) is 5.26 Å². The van der Waals surface area contributed by atoms with Crippen LogP contribution in [-0.4, -0.2) is 63.7 Å². The fraction of sp³-hybridized carbons (Fsp3) is 0.957. The van der Waals surface area contributed by atoms with E-state index in [1.165, 1.54) is 11.1 Å². The van der Waals surface area contributed by atoms with Gasteiger partial charge in [0.2, 0.25) is 0 Å². The number of nitriles is 1. The molecule has 17 heteroatoms. The van der Waals surface area contributed by atoms with Crippen LogP contribution in [0.25, 0.3) is 0 Å². The summed E-state index contributed by atoms with van der Waals surface area (Å²) in [5.41, 5.74) is -0.169. The average Bonchev–Trinajstić information content (AvgIpc) is 2.71. The molecule has 1 saturated carbocycles. The Balaban J connectivity index is -0.000000460. The van der Waals surface area contributed by atoms with Gasteiger partial charge in [0, 0.05) is 20.0 Å². The third-order valence-corrected chi connectivity index (χ3v) is 8.89. The Morgan fingerprint density at radius 2 is 1.30 bits per heavy atom. The predicted molar refractivity (Wildman–Crippen MR) is 157 cm³/mol. The van der Waals surface area contributed by atoms with Gasteiger partial charge in [-0.05, 0) is 60.0 Å². The van der Waals surface area contributed by atoms with Gasteiger partial charge in [0.05, 0.1) is 24.9 Å². The van der Waals surface area contributed by atoms with E-state index in [0.717, 1.165) is 45.7 Å². The molecule has 1 rings (SSSR count). The highest BCUT2D eigenvalue weighted by molar-refractivity contribution is 7.61. The number of halogens is 3. The molecule has 10 nitrogen and oxygen atoms in total. The van der Waals surface area contributed by atoms with Crippen LogP contribution in [0, 0.1) is 16.5 Å². The van der Waals surface area contributed by atoms with E-state index in [1.807, 2.05) is 20.8 Å². The van der Waals surface area contributed by atoms with Crippen molar-refractivity contribution in [2.75, 3.05) is 40.7 Å². The van der Waals surface area contributed by atoms with Gasteiger partial charge in [-0.1, -0.05) is 40.0 Å². The van der Waals surface area contributed by atoms with Crippen molar-refractivity contribution < 1.29 is 48.9 Å². The minimum Gasteiger partial charge on any atom is -0.307 e. The van der Waals surface area contributed by atoms with Crippen LogP contribution in [0.5, 0.6) is 0 Å². The highest BCUT2D eigenvalue weighted by Gasteiger charge is 2.27. The monoisotopic (exact) mass is 664 g/mol. The normalized spacial score (nSPS) is 20.8. The lowest BCUT2D eigenvalue weighted by molar-refractivity contribution is 0.0988. The first kappa shape index (κ1) is 44.4. The van der Waals surface area contributed by atoms with Gasteiger partial charge in [0.1, 0.15) is 0 Å². The SMILES string of the molecule is CC(C)OP(C)(=O)F.CC(OP(C)(=O)F)C(C)(C)C.CCOP(=O)(C#N)N(C)C.CP(=O)(F)OC1CCCCC1. The molecule has 40 heavy (non-hydrogen) atoms. The fourth-order valence-electron chi connectivity index (χ4n) is 2.66. The maximum Gasteiger partial charge on any atom is 0.370 e. The van der Waals surface area contributed by atoms with Crippen LogP contribution in [0.4, 0.5) is 12.6 Å². The van der Waals surface area contributed by atoms with E-state index in [2.05, 4.69) is 4.52 Å². The molecule has 242 valence electrons. The summed E-state index contributed by atoms with van der Waals surface area (Å²) in [6.45, 7) is 15.7. The van der Waals surface area contributed by atoms with Gasteiger partial charge >= 0.3 is 30.6 Å². The van der Waals surface area contributed by atoms with Crippen molar-refractivity contribution >= 4 is 30.6 Å². The molecule has 0 aliphatic heterocycles. The lowest BCUT2D eigenvalue weighted by Crippen LogP contribution is -2.24. The van der Waals surface area contributed by atoms with E-state index in [-0.39, 0.29) is 23.7 Å². The van der Waals surface area contributed by atoms with Crippen LogP contribution in [0.2, 0.25) is 0 Å². The molecule has 0 aromatic heterocycles. The molecule has 0 aromatic rings. The first-order chi connectivity index (χ1) is 17.7. The molecular weight excluding hydrogens is 613 g/mol. The van der Waals surface area contributed by atoms with Crippen LogP contribution >= 0.6 is 30.6 Å². The summed E-state index contributed by atoms with van der Waals surface area (Å²) >= 11 is 0. The van der Waals surface area contributed by atoms with Gasteiger partial charge < -0.3 is 18.1 Å². The molecule has 0 amide bonds. The summed E-state index contributed by atoms with van der Waals surface area (Å²) in [7, 11) is -11.3. The number of hydrogen-bond acceptors (Lipinski definition) is 9. The van der Waals surface area contributed by atoms with Gasteiger partial charge in [-0.3, -0.25) is 18.3 Å². The van der Waals surface area contributed by atoms with Crippen molar-refractivity contribution in [3.8, 4) is 5.81 Å². The van der Waals surface area contributed by atoms with Crippen LogP contribution in [-0.2, 0) is 36.4 Å². The van der Waals surface area contributed by atoms with Gasteiger partial charge in [-0.15, -0.1) is 0 Å². The largest absolute Gasteiger partial charge is 0.370 e. The highest BCUT2D eigenvalue weighted by atomic mass is 31.2. The minimum atomic E-state index is -3.82. The maximum absolute atomic E-state index is 12.5. The standard InChI is InChI=1S/C7H14FO2P.C7H16FO2P.C5H11N2O2P.C4H10FO2P/c1-11(8,9)10-7-5-3-2-4-6-7;1-6(7(2,3)4)10-11(5,8)9;1-4-9-10(8,5-6)7(2)3;1-4(2)7-8(3,5)6/h7H,2-6H2,1H3;6H,1-5H3;4H2,1-3H3;4H,1-3H3. The molecule has 0 saturated heterocycles. The Kier molecular flexibility index (Phi) is 22.3. The third kappa shape index (κ3) is 29.5. The van der Waals surface area contributed by atoms with Crippen molar-refractivity contribution in [3.63, 3.8) is 0 Å². The fourth-order valence-corrected chi connectivity index (χ4v) is 5.86. The zero-order valence-electron chi connectivity index (χ0n) is 26.1. The first-order valence-electron chi connectivity index (χ1n) is 12.9. The molecule has 0 spiro atoms. The molecule has 0 N–H and O–H groups in total. The molecule has 5 unspecified atom stereocenters. The van der Waals surface area contributed by atoms with Gasteiger partial charge in [0.25, 0.3) is 0 Å². The Morgan fingerprint density at radius 3 is 1.48 bits per heavy atom. The van der Waals surface area contributed by atoms with E-state index in [9.17, 15) is 30.9 Å². The van der Waals surface area contributed by atoms with Gasteiger partial charge in [-0.25, -0.2) is 4.67 Å². The van der Waals surface area contributed by atoms with E-state index < -0.39 is 30.6 Å². The summed E-state index contributed by atoms with van der Waals surface area (Å²) < 4.78 is 99.4. The molecule has 0 radical (unpaired) electrons. The summed E-state index contributed by atoms with van der Waals surface area (Å²) in [5.74, 6) is 1.64. The Morgan fingerprint density at radius 1 is 0.875 bits per heavy atom. The zero-order chi connectivity index (χ0) is 32.6. The summed E-state index contributed by atoms with van der Waals surface area (Å²) in [6, 6.07) is 0. The quantitative estimate of drug-likeness (QED) is 0.219. The molecule has 0 aromatic carbocycles. The molecule has 0 heterocycles. The molecule has 1 fully saturated rings. The highest BCUT2D eigenvalue weighted by Crippen LogP contribution is 2.49. The van der Waals surface area contributed by atoms with E-state index >= 15 is 0 Å². The topological polar surface area (TPSA) is 132 Å². The number of nitrogens with zero attached hydrogens (tertiary/aromatic N) is 2. The van der Waals surface area contributed by atoms with E-state index in [0.29, 0.717) is 6.61 Å². The van der Waals surface area contributed by atoms with E-state index in [4.69, 9.17) is 18.8 Å². The summed E-state index contributed by atoms with van der Waals surface area (Å²) in [6.07, 6.45) is 4.35. The minimum absolute atomic E-state index is 0.0930. The molecule has 1 aliphatic rings. The average molecular weight is 665 g/mol. The van der Waals surface area contributed by atoms with Crippen LogP contribution in [0.15, 0.2) is 0 Å². The maximum atomic E-state index is 12.5. The Hall–Kier alpha value is -0.0000000000000000208. The lowest BCUT2D eigenvalue weighted by atomic mass is 9.91.